The number of ketones is 1. The summed E-state index contributed by atoms with van der Waals surface area (Å²) in [5.41, 5.74) is 2.58. The van der Waals surface area contributed by atoms with Gasteiger partial charge in [0.2, 0.25) is 0 Å². The minimum atomic E-state index is 0.0436. The van der Waals surface area contributed by atoms with E-state index in [0.717, 1.165) is 41.8 Å². The quantitative estimate of drug-likeness (QED) is 0.814. The molecule has 2 aliphatic heterocycles. The normalized spacial score (nSPS) is 15.3. The first-order chi connectivity index (χ1) is 11.8. The molecule has 0 aliphatic carbocycles. The largest absolute Gasteiger partial charge is 0.497 e. The van der Waals surface area contributed by atoms with E-state index in [0.29, 0.717) is 5.56 Å². The monoisotopic (exact) mass is 319 g/mol. The van der Waals surface area contributed by atoms with Gasteiger partial charge in [-0.2, -0.15) is 0 Å². The van der Waals surface area contributed by atoms with Crippen molar-refractivity contribution in [1.82, 2.24) is 4.90 Å². The highest BCUT2D eigenvalue weighted by Gasteiger charge is 2.30. The summed E-state index contributed by atoms with van der Waals surface area (Å²) in [6, 6.07) is 15.1. The first-order valence-corrected chi connectivity index (χ1v) is 7.92. The molecule has 0 N–H and O–H groups in total. The molecule has 0 fully saturated rings. The molecule has 0 unspecified atom stereocenters. The van der Waals surface area contributed by atoms with E-state index in [1.54, 1.807) is 31.4 Å². The van der Waals surface area contributed by atoms with Crippen LogP contribution in [0.3, 0.4) is 0 Å². The zero-order chi connectivity index (χ0) is 16.5. The molecule has 0 radical (unpaired) electrons. The minimum absolute atomic E-state index is 0.0436. The molecular weight excluding hydrogens is 302 g/mol. The van der Waals surface area contributed by atoms with Gasteiger partial charge in [-0.05, 0) is 36.4 Å². The summed E-state index contributed by atoms with van der Waals surface area (Å²) < 4.78 is 5.14. The molecule has 0 aromatic heterocycles. The van der Waals surface area contributed by atoms with Crippen molar-refractivity contribution >= 4 is 23.1 Å². The molecule has 0 atom stereocenters. The van der Waals surface area contributed by atoms with Gasteiger partial charge in [0.1, 0.15) is 17.4 Å². The van der Waals surface area contributed by atoms with Crippen LogP contribution in [0.2, 0.25) is 0 Å². The summed E-state index contributed by atoms with van der Waals surface area (Å²) in [5.74, 6) is 2.48. The number of hydrogen-bond acceptors (Lipinski definition) is 5. The van der Waals surface area contributed by atoms with Gasteiger partial charge in [0.25, 0.3) is 0 Å². The fourth-order valence-corrected chi connectivity index (χ4v) is 3.05. The maximum Gasteiger partial charge on any atom is 0.170 e. The van der Waals surface area contributed by atoms with Crippen molar-refractivity contribution in [2.24, 2.45) is 9.98 Å². The third-order valence-corrected chi connectivity index (χ3v) is 4.28. The maximum absolute atomic E-state index is 12.6. The Morgan fingerprint density at radius 2 is 1.96 bits per heavy atom. The van der Waals surface area contributed by atoms with E-state index in [2.05, 4.69) is 9.89 Å². The van der Waals surface area contributed by atoms with Crippen LogP contribution in [0.5, 0.6) is 5.75 Å². The van der Waals surface area contributed by atoms with E-state index >= 15 is 0 Å². The number of ether oxygens (including phenoxy) is 1. The number of fused-ring (bicyclic) bond motifs is 3. The smallest absolute Gasteiger partial charge is 0.170 e. The molecule has 2 aromatic rings. The van der Waals surface area contributed by atoms with Gasteiger partial charge in [-0.25, -0.2) is 4.99 Å². The topological polar surface area (TPSA) is 54.3 Å². The van der Waals surface area contributed by atoms with Crippen LogP contribution in [-0.4, -0.2) is 42.6 Å². The zero-order valence-electron chi connectivity index (χ0n) is 13.4. The maximum atomic E-state index is 12.6. The molecule has 2 aromatic carbocycles. The second-order valence-corrected chi connectivity index (χ2v) is 5.73. The lowest BCUT2D eigenvalue weighted by Crippen LogP contribution is -2.38. The van der Waals surface area contributed by atoms with Gasteiger partial charge in [0, 0.05) is 17.7 Å². The van der Waals surface area contributed by atoms with Gasteiger partial charge in [-0.15, -0.1) is 0 Å². The third-order valence-electron chi connectivity index (χ3n) is 4.28. The highest BCUT2D eigenvalue weighted by atomic mass is 16.5. The number of aliphatic imine (C=N–C) groups is 2. The SMILES string of the molecule is COc1ccc(C(=O)CC2=Nc3ccccc3C3=NCCN23)cc1. The average Bonchev–Trinajstić information content (AvgIpc) is 3.12. The Morgan fingerprint density at radius 1 is 1.17 bits per heavy atom. The first-order valence-electron chi connectivity index (χ1n) is 7.92. The van der Waals surface area contributed by atoms with E-state index in [4.69, 9.17) is 9.73 Å². The van der Waals surface area contributed by atoms with Crippen LogP contribution in [0.4, 0.5) is 5.69 Å². The molecule has 0 saturated carbocycles. The van der Waals surface area contributed by atoms with Crippen molar-refractivity contribution < 1.29 is 9.53 Å². The number of hydrogen-bond donors (Lipinski definition) is 0. The Balaban J connectivity index is 1.63. The molecule has 0 spiro atoms. The lowest BCUT2D eigenvalue weighted by molar-refractivity contribution is 0.0998. The number of nitrogens with zero attached hydrogens (tertiary/aromatic N) is 3. The van der Waals surface area contributed by atoms with Gasteiger partial charge in [-0.1, -0.05) is 12.1 Å². The first kappa shape index (κ1) is 14.6. The van der Waals surface area contributed by atoms with E-state index in [1.807, 2.05) is 24.3 Å². The van der Waals surface area contributed by atoms with E-state index in [1.165, 1.54) is 0 Å². The zero-order valence-corrected chi connectivity index (χ0v) is 13.4. The molecular formula is C19H17N3O2. The summed E-state index contributed by atoms with van der Waals surface area (Å²) in [6.45, 7) is 1.51. The highest BCUT2D eigenvalue weighted by Crippen LogP contribution is 2.29. The number of benzene rings is 2. The number of carbonyl (C=O) groups excluding carboxylic acids is 1. The molecule has 120 valence electrons. The number of methoxy groups -OCH3 is 1. The Kier molecular flexibility index (Phi) is 3.61. The van der Waals surface area contributed by atoms with Gasteiger partial charge in [0.15, 0.2) is 5.78 Å². The van der Waals surface area contributed by atoms with Crippen LogP contribution in [0.15, 0.2) is 58.5 Å². The van der Waals surface area contributed by atoms with Crippen molar-refractivity contribution in [2.45, 2.75) is 6.42 Å². The summed E-state index contributed by atoms with van der Waals surface area (Å²) >= 11 is 0. The number of carbonyl (C=O) groups is 1. The lowest BCUT2D eigenvalue weighted by Gasteiger charge is -2.27. The van der Waals surface area contributed by atoms with Crippen LogP contribution in [-0.2, 0) is 0 Å². The molecule has 5 heteroatoms. The molecule has 0 bridgehead atoms. The van der Waals surface area contributed by atoms with Crippen molar-refractivity contribution in [3.63, 3.8) is 0 Å². The fraction of sp³-hybridized carbons (Fsp3) is 0.211. The predicted octanol–water partition coefficient (Wildman–Crippen LogP) is 3.07. The molecule has 0 saturated heterocycles. The van der Waals surface area contributed by atoms with Crippen LogP contribution in [0, 0.1) is 0 Å². The van der Waals surface area contributed by atoms with Crippen LogP contribution >= 0.6 is 0 Å². The van der Waals surface area contributed by atoms with Crippen LogP contribution in [0.1, 0.15) is 22.3 Å². The number of rotatable bonds is 4. The Labute approximate surface area is 140 Å². The van der Waals surface area contributed by atoms with Crippen LogP contribution in [0.25, 0.3) is 0 Å². The Hall–Kier alpha value is -2.95. The van der Waals surface area contributed by atoms with Crippen molar-refractivity contribution in [3.05, 3.63) is 59.7 Å². The summed E-state index contributed by atoms with van der Waals surface area (Å²) in [6.07, 6.45) is 0.264. The third kappa shape index (κ3) is 2.48. The van der Waals surface area contributed by atoms with Gasteiger partial charge >= 0.3 is 0 Å². The number of para-hydroxylation sites is 1. The molecule has 2 aliphatic rings. The van der Waals surface area contributed by atoms with E-state index < -0.39 is 0 Å². The van der Waals surface area contributed by atoms with E-state index in [-0.39, 0.29) is 12.2 Å². The molecule has 5 nitrogen and oxygen atoms in total. The van der Waals surface area contributed by atoms with E-state index in [9.17, 15) is 4.79 Å². The number of amidine groups is 2. The van der Waals surface area contributed by atoms with Gasteiger partial charge in [0.05, 0.1) is 25.8 Å². The second kappa shape index (κ2) is 5.92. The van der Waals surface area contributed by atoms with Crippen molar-refractivity contribution in [2.75, 3.05) is 20.2 Å². The molecule has 4 rings (SSSR count). The lowest BCUT2D eigenvalue weighted by atomic mass is 10.0. The molecule has 2 heterocycles. The van der Waals surface area contributed by atoms with Gasteiger partial charge < -0.3 is 9.64 Å². The summed E-state index contributed by atoms with van der Waals surface area (Å²) in [4.78, 5) is 24.0. The average molecular weight is 319 g/mol. The molecule has 0 amide bonds. The predicted molar refractivity (Wildman–Crippen MR) is 93.6 cm³/mol. The minimum Gasteiger partial charge on any atom is -0.497 e. The Morgan fingerprint density at radius 3 is 2.75 bits per heavy atom. The summed E-state index contributed by atoms with van der Waals surface area (Å²) in [7, 11) is 1.61. The van der Waals surface area contributed by atoms with Crippen LogP contribution < -0.4 is 4.74 Å². The molecule has 24 heavy (non-hydrogen) atoms. The Bertz CT molecular complexity index is 853. The summed E-state index contributed by atoms with van der Waals surface area (Å²) in [5, 5.41) is 0. The van der Waals surface area contributed by atoms with Crippen molar-refractivity contribution in [1.29, 1.82) is 0 Å². The fourth-order valence-electron chi connectivity index (χ4n) is 3.05. The van der Waals surface area contributed by atoms with Gasteiger partial charge in [-0.3, -0.25) is 9.79 Å². The van der Waals surface area contributed by atoms with Crippen molar-refractivity contribution in [3.8, 4) is 5.75 Å². The standard InChI is InChI=1S/C19H17N3O2/c1-24-14-8-6-13(7-9-14)17(23)12-18-21-16-5-3-2-4-15(16)19-20-10-11-22(18)19/h2-9H,10-12H2,1H3. The highest BCUT2D eigenvalue weighted by molar-refractivity contribution is 6.20. The second-order valence-electron chi connectivity index (χ2n) is 5.73. The number of Topliss-reactive ketones (excluding diaryl/α,β-unsaturated/α-hetero) is 1.